The molecule has 1 aromatic carbocycles. The van der Waals surface area contributed by atoms with Crippen LogP contribution in [0.5, 0.6) is 0 Å². The van der Waals surface area contributed by atoms with Crippen molar-refractivity contribution in [3.63, 3.8) is 0 Å². The van der Waals surface area contributed by atoms with Crippen molar-refractivity contribution >= 4 is 23.4 Å². The average molecular weight is 349 g/mol. The van der Waals surface area contributed by atoms with Crippen LogP contribution in [0, 0.1) is 0 Å². The number of carbonyl (C=O) groups excluding carboxylic acids is 2. The summed E-state index contributed by atoms with van der Waals surface area (Å²) in [6.45, 7) is 8.00. The van der Waals surface area contributed by atoms with Crippen LogP contribution in [0.2, 0.25) is 5.02 Å². The third-order valence-electron chi connectivity index (χ3n) is 3.95. The van der Waals surface area contributed by atoms with Crippen molar-refractivity contribution in [2.45, 2.75) is 12.1 Å². The van der Waals surface area contributed by atoms with E-state index in [2.05, 4.69) is 13.2 Å². The average Bonchev–Trinajstić information content (AvgIpc) is 2.57. The minimum atomic E-state index is -0.784. The molecule has 2 atom stereocenters. The summed E-state index contributed by atoms with van der Waals surface area (Å²) in [7, 11) is 1.68. The molecule has 1 aliphatic heterocycles. The Bertz CT molecular complexity index is 620. The SMILES string of the molecule is C=CCN(CC=C)C(=O)C1OCC(=O)N(C)C1c1ccc(Cl)cc1. The van der Waals surface area contributed by atoms with Gasteiger partial charge in [-0.1, -0.05) is 35.9 Å². The van der Waals surface area contributed by atoms with Gasteiger partial charge in [-0.2, -0.15) is 0 Å². The number of likely N-dealkylation sites (N-methyl/N-ethyl adjacent to an activating group) is 1. The highest BCUT2D eigenvalue weighted by Gasteiger charge is 2.41. The van der Waals surface area contributed by atoms with Crippen LogP contribution in [0.3, 0.4) is 0 Å². The Kier molecular flexibility index (Phi) is 6.17. The van der Waals surface area contributed by atoms with Crippen LogP contribution in [0.4, 0.5) is 0 Å². The second kappa shape index (κ2) is 8.13. The first-order valence-electron chi connectivity index (χ1n) is 7.63. The molecule has 2 amide bonds. The Labute approximate surface area is 147 Å². The minimum Gasteiger partial charge on any atom is -0.356 e. The van der Waals surface area contributed by atoms with Gasteiger partial charge in [0.25, 0.3) is 5.91 Å². The Morgan fingerprint density at radius 2 is 1.92 bits per heavy atom. The molecule has 0 N–H and O–H groups in total. The van der Waals surface area contributed by atoms with E-state index in [4.69, 9.17) is 16.3 Å². The van der Waals surface area contributed by atoms with E-state index >= 15 is 0 Å². The molecule has 24 heavy (non-hydrogen) atoms. The highest BCUT2D eigenvalue weighted by atomic mass is 35.5. The van der Waals surface area contributed by atoms with Gasteiger partial charge in [0.05, 0.1) is 6.04 Å². The number of nitrogens with zero attached hydrogens (tertiary/aromatic N) is 2. The van der Waals surface area contributed by atoms with Crippen LogP contribution >= 0.6 is 11.6 Å². The van der Waals surface area contributed by atoms with E-state index in [-0.39, 0.29) is 18.4 Å². The van der Waals surface area contributed by atoms with Gasteiger partial charge in [0.15, 0.2) is 6.10 Å². The van der Waals surface area contributed by atoms with Gasteiger partial charge in [0, 0.05) is 25.2 Å². The summed E-state index contributed by atoms with van der Waals surface area (Å²) in [4.78, 5) is 28.1. The predicted octanol–water partition coefficient (Wildman–Crippen LogP) is 2.44. The third-order valence-corrected chi connectivity index (χ3v) is 4.20. The van der Waals surface area contributed by atoms with Crippen molar-refractivity contribution in [2.75, 3.05) is 26.7 Å². The molecule has 6 heteroatoms. The Balaban J connectivity index is 2.35. The molecular weight excluding hydrogens is 328 g/mol. The minimum absolute atomic E-state index is 0.118. The van der Waals surface area contributed by atoms with Gasteiger partial charge in [0.1, 0.15) is 6.61 Å². The van der Waals surface area contributed by atoms with Crippen LogP contribution in [-0.4, -0.2) is 54.5 Å². The summed E-state index contributed by atoms with van der Waals surface area (Å²) in [5.41, 5.74) is 0.797. The van der Waals surface area contributed by atoms with Crippen LogP contribution in [0.25, 0.3) is 0 Å². The molecule has 2 rings (SSSR count). The largest absolute Gasteiger partial charge is 0.356 e. The maximum Gasteiger partial charge on any atom is 0.254 e. The predicted molar refractivity (Wildman–Crippen MR) is 93.7 cm³/mol. The number of amides is 2. The Morgan fingerprint density at radius 1 is 1.33 bits per heavy atom. The number of halogens is 1. The van der Waals surface area contributed by atoms with Crippen molar-refractivity contribution in [3.05, 3.63) is 60.2 Å². The third kappa shape index (κ3) is 3.86. The molecule has 1 saturated heterocycles. The number of carbonyl (C=O) groups is 2. The monoisotopic (exact) mass is 348 g/mol. The van der Waals surface area contributed by atoms with Crippen molar-refractivity contribution in [2.24, 2.45) is 0 Å². The van der Waals surface area contributed by atoms with E-state index in [1.807, 2.05) is 0 Å². The van der Waals surface area contributed by atoms with E-state index in [0.29, 0.717) is 18.1 Å². The molecule has 0 spiro atoms. The molecule has 1 heterocycles. The summed E-state index contributed by atoms with van der Waals surface area (Å²) in [5.74, 6) is -0.368. The standard InChI is InChI=1S/C18H21ClN2O3/c1-4-10-21(11-5-2)18(23)17-16(20(3)15(22)12-24-17)13-6-8-14(19)9-7-13/h4-9,16-17H,1-2,10-12H2,3H3. The van der Waals surface area contributed by atoms with Gasteiger partial charge in [-0.15, -0.1) is 13.2 Å². The maximum atomic E-state index is 12.9. The fourth-order valence-corrected chi connectivity index (χ4v) is 2.85. The molecule has 5 nitrogen and oxygen atoms in total. The lowest BCUT2D eigenvalue weighted by Gasteiger charge is -2.40. The van der Waals surface area contributed by atoms with Crippen LogP contribution < -0.4 is 0 Å². The summed E-state index contributed by atoms with van der Waals surface area (Å²) < 4.78 is 5.61. The molecule has 0 radical (unpaired) electrons. The maximum absolute atomic E-state index is 12.9. The lowest BCUT2D eigenvalue weighted by atomic mass is 9.97. The molecule has 0 saturated carbocycles. The second-order valence-electron chi connectivity index (χ2n) is 5.55. The topological polar surface area (TPSA) is 49.9 Å². The van der Waals surface area contributed by atoms with Gasteiger partial charge in [-0.05, 0) is 17.7 Å². The van der Waals surface area contributed by atoms with Gasteiger partial charge in [-0.3, -0.25) is 9.59 Å². The lowest BCUT2D eigenvalue weighted by molar-refractivity contribution is -0.166. The second-order valence-corrected chi connectivity index (χ2v) is 5.99. The van der Waals surface area contributed by atoms with E-state index in [1.54, 1.807) is 53.3 Å². The summed E-state index contributed by atoms with van der Waals surface area (Å²) in [5, 5.41) is 0.590. The van der Waals surface area contributed by atoms with Crippen LogP contribution in [0.15, 0.2) is 49.6 Å². The zero-order valence-corrected chi connectivity index (χ0v) is 14.4. The molecule has 128 valence electrons. The highest BCUT2D eigenvalue weighted by Crippen LogP contribution is 2.31. The normalized spacial score (nSPS) is 20.6. The van der Waals surface area contributed by atoms with Crippen molar-refractivity contribution in [3.8, 4) is 0 Å². The van der Waals surface area contributed by atoms with Crippen molar-refractivity contribution < 1.29 is 14.3 Å². The van der Waals surface area contributed by atoms with Crippen molar-refractivity contribution in [1.82, 2.24) is 9.80 Å². The first-order chi connectivity index (χ1) is 11.5. The molecule has 0 aliphatic carbocycles. The van der Waals surface area contributed by atoms with Gasteiger partial charge in [0.2, 0.25) is 5.91 Å². The van der Waals surface area contributed by atoms with Crippen LogP contribution in [-0.2, 0) is 14.3 Å². The summed E-state index contributed by atoms with van der Waals surface area (Å²) in [6, 6.07) is 6.56. The molecular formula is C18H21ClN2O3. The zero-order chi connectivity index (χ0) is 17.7. The zero-order valence-electron chi connectivity index (χ0n) is 13.7. The molecule has 0 aromatic heterocycles. The summed E-state index contributed by atoms with van der Waals surface area (Å²) in [6.07, 6.45) is 2.51. The fraction of sp³-hybridized carbons (Fsp3) is 0.333. The lowest BCUT2D eigenvalue weighted by Crippen LogP contribution is -2.54. The first-order valence-corrected chi connectivity index (χ1v) is 8.00. The van der Waals surface area contributed by atoms with E-state index in [0.717, 1.165) is 5.56 Å². The van der Waals surface area contributed by atoms with E-state index in [1.165, 1.54) is 0 Å². The van der Waals surface area contributed by atoms with Crippen molar-refractivity contribution in [1.29, 1.82) is 0 Å². The number of ether oxygens (including phenoxy) is 1. The molecule has 1 aliphatic rings. The number of rotatable bonds is 6. The molecule has 0 bridgehead atoms. The number of benzene rings is 1. The highest BCUT2D eigenvalue weighted by molar-refractivity contribution is 6.30. The molecule has 2 unspecified atom stereocenters. The molecule has 1 aromatic rings. The van der Waals surface area contributed by atoms with E-state index < -0.39 is 12.1 Å². The quantitative estimate of drug-likeness (QED) is 0.742. The van der Waals surface area contributed by atoms with Gasteiger partial charge >= 0.3 is 0 Å². The summed E-state index contributed by atoms with van der Waals surface area (Å²) >= 11 is 5.94. The van der Waals surface area contributed by atoms with Gasteiger partial charge in [-0.25, -0.2) is 0 Å². The fourth-order valence-electron chi connectivity index (χ4n) is 2.72. The van der Waals surface area contributed by atoms with E-state index in [9.17, 15) is 9.59 Å². The number of hydrogen-bond donors (Lipinski definition) is 0. The first kappa shape index (κ1) is 18.2. The Hall–Kier alpha value is -2.11. The Morgan fingerprint density at radius 3 is 2.46 bits per heavy atom. The molecule has 1 fully saturated rings. The van der Waals surface area contributed by atoms with Crippen LogP contribution in [0.1, 0.15) is 11.6 Å². The van der Waals surface area contributed by atoms with Gasteiger partial charge < -0.3 is 14.5 Å². The number of morpholine rings is 1. The smallest absolute Gasteiger partial charge is 0.254 e. The number of hydrogen-bond acceptors (Lipinski definition) is 3.